The Kier molecular flexibility index (Phi) is 6.66. The molecule has 25 heavy (non-hydrogen) atoms. The molecule has 1 aliphatic rings. The highest BCUT2D eigenvalue weighted by atomic mass is 32.2. The fourth-order valence-electron chi connectivity index (χ4n) is 2.96. The van der Waals surface area contributed by atoms with Crippen LogP contribution in [0.25, 0.3) is 0 Å². The SMILES string of the molecule is COc1ccccc1NC(=O)N(CCCN(C)C)C1CCS(=O)(=O)C1. The maximum absolute atomic E-state index is 12.8. The molecule has 1 N–H and O–H groups in total. The standard InChI is InChI=1S/C17H27N3O4S/c1-19(2)10-6-11-20(14-9-12-25(22,23)13-14)17(21)18-15-7-4-5-8-16(15)24-3/h4-5,7-8,14H,6,9-13H2,1-3H3,(H,18,21). The van der Waals surface area contributed by atoms with E-state index in [0.717, 1.165) is 13.0 Å². The minimum Gasteiger partial charge on any atom is -0.495 e. The van der Waals surface area contributed by atoms with Crippen LogP contribution in [0.3, 0.4) is 0 Å². The maximum Gasteiger partial charge on any atom is 0.322 e. The number of para-hydroxylation sites is 2. The number of hydrogen-bond acceptors (Lipinski definition) is 5. The van der Waals surface area contributed by atoms with E-state index in [1.54, 1.807) is 24.1 Å². The average Bonchev–Trinajstić information content (AvgIpc) is 2.91. The zero-order valence-electron chi connectivity index (χ0n) is 15.1. The van der Waals surface area contributed by atoms with Crippen molar-refractivity contribution in [2.24, 2.45) is 0 Å². The second-order valence-corrected chi connectivity index (χ2v) is 8.77. The first-order chi connectivity index (χ1) is 11.8. The van der Waals surface area contributed by atoms with Gasteiger partial charge in [-0.15, -0.1) is 0 Å². The lowest BCUT2D eigenvalue weighted by molar-refractivity contribution is 0.190. The molecule has 140 valence electrons. The summed E-state index contributed by atoms with van der Waals surface area (Å²) in [7, 11) is 2.43. The van der Waals surface area contributed by atoms with Crippen LogP contribution in [0.5, 0.6) is 5.75 Å². The van der Waals surface area contributed by atoms with E-state index < -0.39 is 9.84 Å². The van der Waals surface area contributed by atoms with Crippen molar-refractivity contribution in [3.8, 4) is 5.75 Å². The Morgan fingerprint density at radius 1 is 1.28 bits per heavy atom. The van der Waals surface area contributed by atoms with E-state index in [-0.39, 0.29) is 23.6 Å². The molecule has 1 aromatic carbocycles. The van der Waals surface area contributed by atoms with E-state index in [2.05, 4.69) is 5.32 Å². The lowest BCUT2D eigenvalue weighted by Gasteiger charge is -2.29. The molecule has 1 unspecified atom stereocenters. The van der Waals surface area contributed by atoms with Crippen molar-refractivity contribution in [3.63, 3.8) is 0 Å². The Hall–Kier alpha value is -1.80. The van der Waals surface area contributed by atoms with Gasteiger partial charge in [-0.25, -0.2) is 13.2 Å². The van der Waals surface area contributed by atoms with Gasteiger partial charge in [0.1, 0.15) is 5.75 Å². The van der Waals surface area contributed by atoms with E-state index >= 15 is 0 Å². The quantitative estimate of drug-likeness (QED) is 0.791. The third-order valence-electron chi connectivity index (χ3n) is 4.26. The van der Waals surface area contributed by atoms with Crippen LogP contribution >= 0.6 is 0 Å². The molecule has 1 atom stereocenters. The van der Waals surface area contributed by atoms with Gasteiger partial charge in [-0.2, -0.15) is 0 Å². The smallest absolute Gasteiger partial charge is 0.322 e. The van der Waals surface area contributed by atoms with Crippen LogP contribution < -0.4 is 10.1 Å². The van der Waals surface area contributed by atoms with Gasteiger partial charge in [0.05, 0.1) is 24.3 Å². The minimum absolute atomic E-state index is 0.0360. The van der Waals surface area contributed by atoms with Gasteiger partial charge < -0.3 is 19.9 Å². The summed E-state index contributed by atoms with van der Waals surface area (Å²) in [4.78, 5) is 16.5. The second-order valence-electron chi connectivity index (χ2n) is 6.54. The Morgan fingerprint density at radius 2 is 2.00 bits per heavy atom. The zero-order chi connectivity index (χ0) is 18.4. The van der Waals surface area contributed by atoms with Crippen LogP contribution in [0.4, 0.5) is 10.5 Å². The van der Waals surface area contributed by atoms with Gasteiger partial charge in [0, 0.05) is 12.6 Å². The van der Waals surface area contributed by atoms with Gasteiger partial charge in [0.25, 0.3) is 0 Å². The van der Waals surface area contributed by atoms with Crippen LogP contribution in [-0.2, 0) is 9.84 Å². The lowest BCUT2D eigenvalue weighted by Crippen LogP contribution is -2.44. The van der Waals surface area contributed by atoms with Crippen LogP contribution in [0.1, 0.15) is 12.8 Å². The van der Waals surface area contributed by atoms with Crippen LogP contribution in [0, 0.1) is 0 Å². The Bertz CT molecular complexity index is 691. The highest BCUT2D eigenvalue weighted by Crippen LogP contribution is 2.25. The molecule has 2 amide bonds. The van der Waals surface area contributed by atoms with E-state index in [9.17, 15) is 13.2 Å². The monoisotopic (exact) mass is 369 g/mol. The summed E-state index contributed by atoms with van der Waals surface area (Å²) in [6, 6.07) is 6.61. The van der Waals surface area contributed by atoms with Crippen molar-refractivity contribution in [3.05, 3.63) is 24.3 Å². The number of hydrogen-bond donors (Lipinski definition) is 1. The van der Waals surface area contributed by atoms with Gasteiger partial charge in [-0.1, -0.05) is 12.1 Å². The molecule has 0 aromatic heterocycles. The fourth-order valence-corrected chi connectivity index (χ4v) is 4.69. The number of ether oxygens (including phenoxy) is 1. The number of methoxy groups -OCH3 is 1. The topological polar surface area (TPSA) is 79.0 Å². The number of anilines is 1. The molecular formula is C17H27N3O4S. The van der Waals surface area contributed by atoms with Gasteiger partial charge in [-0.05, 0) is 45.6 Å². The number of carbonyl (C=O) groups is 1. The first kappa shape index (κ1) is 19.5. The van der Waals surface area contributed by atoms with Gasteiger partial charge in [-0.3, -0.25) is 0 Å². The first-order valence-corrected chi connectivity index (χ1v) is 10.2. The van der Waals surface area contributed by atoms with Crippen molar-refractivity contribution in [2.45, 2.75) is 18.9 Å². The molecule has 2 rings (SSSR count). The van der Waals surface area contributed by atoms with Crippen molar-refractivity contribution in [2.75, 3.05) is 51.1 Å². The van der Waals surface area contributed by atoms with E-state index in [0.29, 0.717) is 24.4 Å². The van der Waals surface area contributed by atoms with Gasteiger partial charge in [0.2, 0.25) is 0 Å². The fraction of sp³-hybridized carbons (Fsp3) is 0.588. The number of rotatable bonds is 7. The summed E-state index contributed by atoms with van der Waals surface area (Å²) in [5.74, 6) is 0.751. The Morgan fingerprint density at radius 3 is 2.60 bits per heavy atom. The van der Waals surface area contributed by atoms with Crippen LogP contribution in [0.15, 0.2) is 24.3 Å². The number of sulfone groups is 1. The van der Waals surface area contributed by atoms with E-state index in [1.807, 2.05) is 31.1 Å². The summed E-state index contributed by atoms with van der Waals surface area (Å²) in [6.45, 7) is 1.34. The number of amides is 2. The summed E-state index contributed by atoms with van der Waals surface area (Å²) in [5.41, 5.74) is 0.577. The molecular weight excluding hydrogens is 342 g/mol. The Labute approximate surface area is 149 Å². The second kappa shape index (κ2) is 8.53. The highest BCUT2D eigenvalue weighted by Gasteiger charge is 2.34. The molecule has 0 aliphatic carbocycles. The third-order valence-corrected chi connectivity index (χ3v) is 6.01. The maximum atomic E-state index is 12.8. The number of nitrogens with one attached hydrogen (secondary N) is 1. The van der Waals surface area contributed by atoms with Gasteiger partial charge >= 0.3 is 6.03 Å². The van der Waals surface area contributed by atoms with Crippen molar-refractivity contribution >= 4 is 21.6 Å². The number of benzene rings is 1. The summed E-state index contributed by atoms with van der Waals surface area (Å²) in [5, 5.41) is 2.86. The molecule has 1 aromatic rings. The van der Waals surface area contributed by atoms with Crippen LogP contribution in [-0.4, -0.2) is 76.1 Å². The molecule has 1 fully saturated rings. The molecule has 8 heteroatoms. The molecule has 7 nitrogen and oxygen atoms in total. The molecule has 0 spiro atoms. The minimum atomic E-state index is -3.06. The van der Waals surface area contributed by atoms with Crippen molar-refractivity contribution in [1.82, 2.24) is 9.80 Å². The zero-order valence-corrected chi connectivity index (χ0v) is 15.9. The average molecular weight is 369 g/mol. The van der Waals surface area contributed by atoms with Gasteiger partial charge in [0.15, 0.2) is 9.84 Å². The molecule has 0 saturated carbocycles. The summed E-state index contributed by atoms with van der Waals surface area (Å²) < 4.78 is 28.9. The molecule has 1 saturated heterocycles. The molecule has 0 bridgehead atoms. The number of nitrogens with zero attached hydrogens (tertiary/aromatic N) is 2. The largest absolute Gasteiger partial charge is 0.495 e. The number of carbonyl (C=O) groups excluding carboxylic acids is 1. The first-order valence-electron chi connectivity index (χ1n) is 8.38. The summed E-state index contributed by atoms with van der Waals surface area (Å²) >= 11 is 0. The van der Waals surface area contributed by atoms with E-state index in [1.165, 1.54) is 0 Å². The third kappa shape index (κ3) is 5.61. The molecule has 1 heterocycles. The number of urea groups is 1. The molecule has 1 aliphatic heterocycles. The predicted molar refractivity (Wildman–Crippen MR) is 98.9 cm³/mol. The molecule has 0 radical (unpaired) electrons. The predicted octanol–water partition coefficient (Wildman–Crippen LogP) is 1.67. The van der Waals surface area contributed by atoms with Crippen LogP contribution in [0.2, 0.25) is 0 Å². The Balaban J connectivity index is 2.11. The van der Waals surface area contributed by atoms with Crippen molar-refractivity contribution in [1.29, 1.82) is 0 Å². The van der Waals surface area contributed by atoms with Crippen molar-refractivity contribution < 1.29 is 17.9 Å². The highest BCUT2D eigenvalue weighted by molar-refractivity contribution is 7.91. The lowest BCUT2D eigenvalue weighted by atomic mass is 10.2. The summed E-state index contributed by atoms with van der Waals surface area (Å²) in [6.07, 6.45) is 1.27. The van der Waals surface area contributed by atoms with E-state index in [4.69, 9.17) is 4.74 Å². The normalized spacial score (nSPS) is 19.0.